The van der Waals surface area contributed by atoms with Crippen LogP contribution in [0, 0.1) is 0 Å². The van der Waals surface area contributed by atoms with Crippen LogP contribution in [0.25, 0.3) is 0 Å². The molecule has 0 spiro atoms. The summed E-state index contributed by atoms with van der Waals surface area (Å²) in [6, 6.07) is 16.1. The number of ether oxygens (including phenoxy) is 1. The van der Waals surface area contributed by atoms with Crippen molar-refractivity contribution in [3.8, 4) is 5.75 Å². The zero-order chi connectivity index (χ0) is 18.4. The Morgan fingerprint density at radius 1 is 1.15 bits per heavy atom. The van der Waals surface area contributed by atoms with Gasteiger partial charge in [-0.1, -0.05) is 24.3 Å². The molecule has 0 unspecified atom stereocenters. The van der Waals surface area contributed by atoms with E-state index in [0.29, 0.717) is 12.5 Å². The number of guanidine groups is 1. The zero-order valence-corrected chi connectivity index (χ0v) is 15.4. The number of aliphatic imine (C=N–C) groups is 1. The Kier molecular flexibility index (Phi) is 5.79. The summed E-state index contributed by atoms with van der Waals surface area (Å²) < 4.78 is 5.64. The first kappa shape index (κ1) is 17.9. The molecule has 3 rings (SSSR count). The lowest BCUT2D eigenvalue weighted by atomic mass is 10.2. The van der Waals surface area contributed by atoms with Gasteiger partial charge in [-0.25, -0.2) is 4.99 Å². The highest BCUT2D eigenvalue weighted by Gasteiger charge is 2.07. The van der Waals surface area contributed by atoms with Crippen LogP contribution in [0.5, 0.6) is 5.75 Å². The summed E-state index contributed by atoms with van der Waals surface area (Å²) in [4.78, 5) is 6.76. The van der Waals surface area contributed by atoms with Crippen molar-refractivity contribution in [2.75, 3.05) is 23.3 Å². The van der Waals surface area contributed by atoms with E-state index in [1.54, 1.807) is 0 Å². The maximum atomic E-state index is 6.02. The fourth-order valence-electron chi connectivity index (χ4n) is 2.79. The molecule has 0 atom stereocenters. The molecule has 0 bridgehead atoms. The van der Waals surface area contributed by atoms with Gasteiger partial charge in [-0.3, -0.25) is 0 Å². The molecule has 2 aromatic rings. The Balaban J connectivity index is 1.57. The molecular weight excluding hydrogens is 324 g/mol. The molecule has 1 aliphatic rings. The minimum Gasteiger partial charge on any atom is -0.491 e. The van der Waals surface area contributed by atoms with E-state index in [0.717, 1.165) is 30.1 Å². The number of rotatable bonds is 6. The topological polar surface area (TPSA) is 62.9 Å². The Morgan fingerprint density at radius 3 is 2.58 bits per heavy atom. The van der Waals surface area contributed by atoms with Crippen molar-refractivity contribution >= 4 is 17.3 Å². The Morgan fingerprint density at radius 2 is 1.88 bits per heavy atom. The van der Waals surface area contributed by atoms with Crippen LogP contribution < -0.4 is 20.7 Å². The van der Waals surface area contributed by atoms with Gasteiger partial charge in [0.15, 0.2) is 5.96 Å². The number of nitrogens with zero attached hydrogens (tertiary/aromatic N) is 2. The normalized spacial score (nSPS) is 14.1. The molecule has 1 aliphatic heterocycles. The lowest BCUT2D eigenvalue weighted by Gasteiger charge is -2.18. The lowest BCUT2D eigenvalue weighted by Crippen LogP contribution is -2.22. The van der Waals surface area contributed by atoms with Gasteiger partial charge in [0.2, 0.25) is 0 Å². The largest absolute Gasteiger partial charge is 0.491 e. The highest BCUT2D eigenvalue weighted by atomic mass is 16.5. The molecule has 26 heavy (non-hydrogen) atoms. The molecule has 1 heterocycles. The average Bonchev–Trinajstić information content (AvgIpc) is 3.16. The molecule has 0 amide bonds. The van der Waals surface area contributed by atoms with Gasteiger partial charge < -0.3 is 20.7 Å². The second-order valence-electron chi connectivity index (χ2n) is 6.56. The van der Waals surface area contributed by atoms with Crippen LogP contribution in [0.4, 0.5) is 11.4 Å². The highest BCUT2D eigenvalue weighted by Crippen LogP contribution is 2.19. The Hall–Kier alpha value is -2.95. The standard InChI is InChI=1S/C21H26N4O/c1-16(2)26-20-10-8-18(9-11-20)24-21(22)23-15-17-6-5-7-19(14-17)25-12-3-4-13-25/h3-11,14,16H,12-13,15H2,1-2H3,(H3,22,23,24). The second-order valence-corrected chi connectivity index (χ2v) is 6.56. The van der Waals surface area contributed by atoms with Crippen LogP contribution in [0.15, 0.2) is 65.7 Å². The van der Waals surface area contributed by atoms with E-state index in [-0.39, 0.29) is 6.10 Å². The summed E-state index contributed by atoms with van der Waals surface area (Å²) in [7, 11) is 0. The second kappa shape index (κ2) is 8.43. The van der Waals surface area contributed by atoms with Gasteiger partial charge in [-0.15, -0.1) is 0 Å². The summed E-state index contributed by atoms with van der Waals surface area (Å²) in [5.41, 5.74) is 9.26. The first-order valence-corrected chi connectivity index (χ1v) is 8.93. The zero-order valence-electron chi connectivity index (χ0n) is 15.4. The van der Waals surface area contributed by atoms with Gasteiger partial charge in [0.1, 0.15) is 5.75 Å². The predicted molar refractivity (Wildman–Crippen MR) is 109 cm³/mol. The fraction of sp³-hybridized carbons (Fsp3) is 0.286. The molecule has 3 N–H and O–H groups in total. The Bertz CT molecular complexity index is 773. The molecule has 0 fully saturated rings. The molecule has 5 nitrogen and oxygen atoms in total. The molecule has 5 heteroatoms. The van der Waals surface area contributed by atoms with Crippen molar-refractivity contribution in [3.63, 3.8) is 0 Å². The van der Waals surface area contributed by atoms with Crippen LogP contribution in [0.2, 0.25) is 0 Å². The van der Waals surface area contributed by atoms with Gasteiger partial charge >= 0.3 is 0 Å². The summed E-state index contributed by atoms with van der Waals surface area (Å²) in [5, 5.41) is 3.11. The predicted octanol–water partition coefficient (Wildman–Crippen LogP) is 3.78. The van der Waals surface area contributed by atoms with E-state index < -0.39 is 0 Å². The summed E-state index contributed by atoms with van der Waals surface area (Å²) in [5.74, 6) is 1.24. The maximum absolute atomic E-state index is 6.02. The van der Waals surface area contributed by atoms with Crippen molar-refractivity contribution < 1.29 is 4.74 Å². The van der Waals surface area contributed by atoms with Crippen LogP contribution >= 0.6 is 0 Å². The quantitative estimate of drug-likeness (QED) is 0.473. The van der Waals surface area contributed by atoms with E-state index in [1.807, 2.05) is 38.1 Å². The number of hydrogen-bond acceptors (Lipinski definition) is 3. The van der Waals surface area contributed by atoms with Crippen LogP contribution in [-0.4, -0.2) is 25.2 Å². The summed E-state index contributed by atoms with van der Waals surface area (Å²) >= 11 is 0. The molecule has 136 valence electrons. The van der Waals surface area contributed by atoms with Crippen molar-refractivity contribution in [2.45, 2.75) is 26.5 Å². The van der Waals surface area contributed by atoms with Crippen molar-refractivity contribution in [1.82, 2.24) is 0 Å². The third-order valence-corrected chi connectivity index (χ3v) is 4.02. The van der Waals surface area contributed by atoms with E-state index in [9.17, 15) is 0 Å². The SMILES string of the molecule is CC(C)Oc1ccc(NC(N)=NCc2cccc(N3CC=CC3)c2)cc1. The van der Waals surface area contributed by atoms with Gasteiger partial charge in [0.05, 0.1) is 12.6 Å². The Labute approximate surface area is 155 Å². The van der Waals surface area contributed by atoms with E-state index >= 15 is 0 Å². The van der Waals surface area contributed by atoms with Gasteiger partial charge in [-0.05, 0) is 55.8 Å². The number of nitrogens with two attached hydrogens (primary N) is 1. The van der Waals surface area contributed by atoms with Crippen LogP contribution in [-0.2, 0) is 6.54 Å². The molecule has 0 saturated carbocycles. The molecule has 0 radical (unpaired) electrons. The van der Waals surface area contributed by atoms with Gasteiger partial charge in [0.25, 0.3) is 0 Å². The summed E-state index contributed by atoms with van der Waals surface area (Å²) in [6.07, 6.45) is 4.53. The van der Waals surface area contributed by atoms with Crippen molar-refractivity contribution in [1.29, 1.82) is 0 Å². The van der Waals surface area contributed by atoms with E-state index in [1.165, 1.54) is 5.69 Å². The smallest absolute Gasteiger partial charge is 0.193 e. The van der Waals surface area contributed by atoms with Crippen LogP contribution in [0.1, 0.15) is 19.4 Å². The number of benzene rings is 2. The van der Waals surface area contributed by atoms with E-state index in [4.69, 9.17) is 10.5 Å². The minimum atomic E-state index is 0.160. The summed E-state index contributed by atoms with van der Waals surface area (Å²) in [6.45, 7) is 6.49. The van der Waals surface area contributed by atoms with E-state index in [2.05, 4.69) is 51.6 Å². The fourth-order valence-corrected chi connectivity index (χ4v) is 2.79. The molecule has 0 saturated heterocycles. The van der Waals surface area contributed by atoms with Gasteiger partial charge in [0, 0.05) is 24.5 Å². The monoisotopic (exact) mass is 350 g/mol. The number of hydrogen-bond donors (Lipinski definition) is 2. The number of anilines is 2. The minimum absolute atomic E-state index is 0.160. The third kappa shape index (κ3) is 5.02. The lowest BCUT2D eigenvalue weighted by molar-refractivity contribution is 0.242. The molecule has 0 aliphatic carbocycles. The van der Waals surface area contributed by atoms with Crippen molar-refractivity contribution in [3.05, 3.63) is 66.2 Å². The highest BCUT2D eigenvalue weighted by molar-refractivity contribution is 5.92. The first-order chi connectivity index (χ1) is 12.6. The molecular formula is C21H26N4O. The number of nitrogens with one attached hydrogen (secondary N) is 1. The molecule has 0 aromatic heterocycles. The van der Waals surface area contributed by atoms with Crippen LogP contribution in [0.3, 0.4) is 0 Å². The average molecular weight is 350 g/mol. The van der Waals surface area contributed by atoms with Crippen molar-refractivity contribution in [2.24, 2.45) is 10.7 Å². The third-order valence-electron chi connectivity index (χ3n) is 4.02. The first-order valence-electron chi connectivity index (χ1n) is 8.93. The maximum Gasteiger partial charge on any atom is 0.193 e. The van der Waals surface area contributed by atoms with Gasteiger partial charge in [-0.2, -0.15) is 0 Å². The molecule has 2 aromatic carbocycles.